The maximum absolute atomic E-state index is 12.5. The van der Waals surface area contributed by atoms with E-state index in [2.05, 4.69) is 45.0 Å². The van der Waals surface area contributed by atoms with Gasteiger partial charge in [0.15, 0.2) is 0 Å². The van der Waals surface area contributed by atoms with Gasteiger partial charge in [0.1, 0.15) is 0 Å². The lowest BCUT2D eigenvalue weighted by Crippen LogP contribution is -2.45. The summed E-state index contributed by atoms with van der Waals surface area (Å²) in [6.45, 7) is 13.3. The molecule has 4 nitrogen and oxygen atoms in total. The van der Waals surface area contributed by atoms with Gasteiger partial charge in [-0.2, -0.15) is 0 Å². The maximum Gasteiger partial charge on any atom is 0.243 e. The van der Waals surface area contributed by atoms with Crippen LogP contribution in [0.4, 0.5) is 0 Å². The Morgan fingerprint density at radius 2 is 2.06 bits per heavy atom. The Balaban J connectivity index is 2.75. The molecule has 0 saturated carbocycles. The average Bonchev–Trinajstić information content (AvgIpc) is 2.60. The van der Waals surface area contributed by atoms with Crippen molar-refractivity contribution in [2.45, 2.75) is 52.7 Å². The zero-order chi connectivity index (χ0) is 13.9. The molecule has 0 aromatic carbocycles. The molecule has 1 fully saturated rings. The van der Waals surface area contributed by atoms with Crippen molar-refractivity contribution >= 4 is 5.91 Å². The Morgan fingerprint density at radius 1 is 1.44 bits per heavy atom. The fraction of sp³-hybridized carbons (Fsp3) is 0.929. The van der Waals surface area contributed by atoms with Crippen LogP contribution in [0.1, 0.15) is 41.0 Å². The molecule has 1 saturated heterocycles. The first-order valence-electron chi connectivity index (χ1n) is 7.13. The first-order valence-corrected chi connectivity index (χ1v) is 7.13. The molecule has 4 heteroatoms. The fourth-order valence-corrected chi connectivity index (χ4v) is 2.37. The van der Waals surface area contributed by atoms with Gasteiger partial charge < -0.3 is 9.80 Å². The SMILES string of the molecule is CCN(C)CCN1C(=O)C(C)(CC)NC1C(C)C. The van der Waals surface area contributed by atoms with Crippen molar-refractivity contribution in [1.29, 1.82) is 0 Å². The average molecular weight is 255 g/mol. The van der Waals surface area contributed by atoms with E-state index in [4.69, 9.17) is 0 Å². The van der Waals surface area contributed by atoms with Gasteiger partial charge in [-0.1, -0.05) is 27.7 Å². The Bertz CT molecular complexity index is 293. The molecule has 2 atom stereocenters. The summed E-state index contributed by atoms with van der Waals surface area (Å²) in [5.41, 5.74) is -0.375. The van der Waals surface area contributed by atoms with E-state index in [0.29, 0.717) is 5.92 Å². The smallest absolute Gasteiger partial charge is 0.243 e. The molecule has 0 aromatic heterocycles. The van der Waals surface area contributed by atoms with Crippen LogP contribution in [0, 0.1) is 5.92 Å². The highest BCUT2D eigenvalue weighted by molar-refractivity contribution is 5.88. The number of rotatable bonds is 6. The lowest BCUT2D eigenvalue weighted by molar-refractivity contribution is -0.133. The van der Waals surface area contributed by atoms with E-state index in [1.807, 2.05) is 11.8 Å². The number of hydrogen-bond donors (Lipinski definition) is 1. The van der Waals surface area contributed by atoms with Crippen LogP contribution in [0.25, 0.3) is 0 Å². The summed E-state index contributed by atoms with van der Waals surface area (Å²) in [5, 5.41) is 3.52. The molecule has 18 heavy (non-hydrogen) atoms. The van der Waals surface area contributed by atoms with Crippen LogP contribution in [0.15, 0.2) is 0 Å². The third-order valence-electron chi connectivity index (χ3n) is 4.14. The molecule has 0 aliphatic carbocycles. The molecule has 0 bridgehead atoms. The molecule has 1 aliphatic rings. The summed E-state index contributed by atoms with van der Waals surface area (Å²) in [4.78, 5) is 16.8. The van der Waals surface area contributed by atoms with Gasteiger partial charge in [-0.15, -0.1) is 0 Å². The van der Waals surface area contributed by atoms with Crippen LogP contribution in [-0.2, 0) is 4.79 Å². The van der Waals surface area contributed by atoms with Crippen LogP contribution in [-0.4, -0.2) is 54.1 Å². The van der Waals surface area contributed by atoms with Crippen molar-refractivity contribution in [2.24, 2.45) is 5.92 Å². The second-order valence-corrected chi connectivity index (χ2v) is 5.91. The number of amides is 1. The van der Waals surface area contributed by atoms with Crippen molar-refractivity contribution in [1.82, 2.24) is 15.1 Å². The fourth-order valence-electron chi connectivity index (χ4n) is 2.37. The number of likely N-dealkylation sites (N-methyl/N-ethyl adjacent to an activating group) is 1. The molecule has 1 aliphatic heterocycles. The van der Waals surface area contributed by atoms with Gasteiger partial charge in [0, 0.05) is 13.1 Å². The minimum absolute atomic E-state index is 0.174. The molecule has 1 N–H and O–H groups in total. The Morgan fingerprint density at radius 3 is 2.50 bits per heavy atom. The molecular formula is C14H29N3O. The lowest BCUT2D eigenvalue weighted by Gasteiger charge is -2.28. The summed E-state index contributed by atoms with van der Waals surface area (Å²) in [7, 11) is 2.09. The highest BCUT2D eigenvalue weighted by Crippen LogP contribution is 2.26. The van der Waals surface area contributed by atoms with Crippen molar-refractivity contribution in [3.05, 3.63) is 0 Å². The van der Waals surface area contributed by atoms with Crippen molar-refractivity contribution in [3.63, 3.8) is 0 Å². The van der Waals surface area contributed by atoms with E-state index in [1.165, 1.54) is 0 Å². The molecule has 2 unspecified atom stereocenters. The summed E-state index contributed by atoms with van der Waals surface area (Å²) in [5.74, 6) is 0.697. The Labute approximate surface area is 112 Å². The topological polar surface area (TPSA) is 35.6 Å². The van der Waals surface area contributed by atoms with Gasteiger partial charge in [0.25, 0.3) is 0 Å². The predicted octanol–water partition coefficient (Wildman–Crippen LogP) is 1.52. The maximum atomic E-state index is 12.5. The van der Waals surface area contributed by atoms with Crippen LogP contribution >= 0.6 is 0 Å². The third kappa shape index (κ3) is 3.04. The monoisotopic (exact) mass is 255 g/mol. The van der Waals surface area contributed by atoms with E-state index in [-0.39, 0.29) is 17.6 Å². The molecule has 106 valence electrons. The summed E-state index contributed by atoms with van der Waals surface area (Å²) in [6.07, 6.45) is 1.02. The Hall–Kier alpha value is -0.610. The second-order valence-electron chi connectivity index (χ2n) is 5.91. The van der Waals surface area contributed by atoms with Gasteiger partial charge in [0.2, 0.25) is 5.91 Å². The van der Waals surface area contributed by atoms with E-state index >= 15 is 0 Å². The lowest BCUT2D eigenvalue weighted by atomic mass is 9.99. The first kappa shape index (κ1) is 15.4. The third-order valence-corrected chi connectivity index (χ3v) is 4.14. The van der Waals surface area contributed by atoms with E-state index in [0.717, 1.165) is 26.1 Å². The first-order chi connectivity index (χ1) is 8.35. The minimum Gasteiger partial charge on any atom is -0.324 e. The molecule has 0 spiro atoms. The number of nitrogens with zero attached hydrogens (tertiary/aromatic N) is 2. The molecular weight excluding hydrogens is 226 g/mol. The standard InChI is InChI=1S/C14H29N3O/c1-7-14(5)13(18)17(10-9-16(6)8-2)12(15-14)11(3)4/h11-12,15H,7-10H2,1-6H3. The summed E-state index contributed by atoms with van der Waals surface area (Å²) < 4.78 is 0. The summed E-state index contributed by atoms with van der Waals surface area (Å²) in [6, 6.07) is 0. The zero-order valence-electron chi connectivity index (χ0n) is 12.8. The number of hydrogen-bond acceptors (Lipinski definition) is 3. The number of carbonyl (C=O) groups excluding carboxylic acids is 1. The predicted molar refractivity (Wildman–Crippen MR) is 75.3 cm³/mol. The van der Waals surface area contributed by atoms with Gasteiger partial charge in [-0.3, -0.25) is 10.1 Å². The van der Waals surface area contributed by atoms with Gasteiger partial charge in [-0.25, -0.2) is 0 Å². The molecule has 1 rings (SSSR count). The normalized spacial score (nSPS) is 28.8. The minimum atomic E-state index is -0.375. The van der Waals surface area contributed by atoms with Crippen molar-refractivity contribution in [3.8, 4) is 0 Å². The van der Waals surface area contributed by atoms with Crippen LogP contribution in [0.3, 0.4) is 0 Å². The van der Waals surface area contributed by atoms with Gasteiger partial charge >= 0.3 is 0 Å². The zero-order valence-corrected chi connectivity index (χ0v) is 12.8. The Kier molecular flexibility index (Phi) is 5.17. The van der Waals surface area contributed by atoms with Gasteiger partial charge in [-0.05, 0) is 32.9 Å². The van der Waals surface area contributed by atoms with E-state index < -0.39 is 0 Å². The van der Waals surface area contributed by atoms with E-state index in [1.54, 1.807) is 0 Å². The molecule has 1 heterocycles. The van der Waals surface area contributed by atoms with E-state index in [9.17, 15) is 4.79 Å². The highest BCUT2D eigenvalue weighted by atomic mass is 16.2. The second kappa shape index (κ2) is 6.02. The largest absolute Gasteiger partial charge is 0.324 e. The summed E-state index contributed by atoms with van der Waals surface area (Å²) >= 11 is 0. The molecule has 0 radical (unpaired) electrons. The van der Waals surface area contributed by atoms with Crippen molar-refractivity contribution < 1.29 is 4.79 Å². The van der Waals surface area contributed by atoms with Gasteiger partial charge in [0.05, 0.1) is 11.7 Å². The highest BCUT2D eigenvalue weighted by Gasteiger charge is 2.47. The quantitative estimate of drug-likeness (QED) is 0.781. The van der Waals surface area contributed by atoms with Crippen LogP contribution in [0.2, 0.25) is 0 Å². The van der Waals surface area contributed by atoms with Crippen molar-refractivity contribution in [2.75, 3.05) is 26.7 Å². The van der Waals surface area contributed by atoms with Crippen LogP contribution < -0.4 is 5.32 Å². The number of carbonyl (C=O) groups is 1. The molecule has 0 aromatic rings. The van der Waals surface area contributed by atoms with Crippen LogP contribution in [0.5, 0.6) is 0 Å². The molecule has 1 amide bonds. The number of nitrogens with one attached hydrogen (secondary N) is 1.